The smallest absolute Gasteiger partial charge is 0.217 e. The molecule has 4 saturated carbocycles. The zero-order chi connectivity index (χ0) is 27.1. The van der Waals surface area contributed by atoms with Gasteiger partial charge in [-0.1, -0.05) is 56.2 Å². The standard InChI is InChI=1S/C24H41NO4.C8H10/c1-13(4-7-21(25)29)16-5-6-17-22-18(12-20(28)24(16,17)3)23(2)9-8-15(26)10-14(23)11-19(22)27;1-7-4-3-5-8(2)6-7/h13-20,22,26-28H,4-12H2,1-3H3,(H2,25,29);3-6H,1-2H3/t13-,14+,15-,16-,17+,18+,19-,20+,22+,23+,24-;/m1./s1. The summed E-state index contributed by atoms with van der Waals surface area (Å²) in [6.07, 6.45) is 6.56. The van der Waals surface area contributed by atoms with E-state index in [0.29, 0.717) is 36.0 Å². The minimum atomic E-state index is -0.369. The predicted octanol–water partition coefficient (Wildman–Crippen LogP) is 5.15. The number of hydrogen-bond acceptors (Lipinski definition) is 4. The number of hydrogen-bond donors (Lipinski definition) is 4. The van der Waals surface area contributed by atoms with Crippen LogP contribution >= 0.6 is 0 Å². The van der Waals surface area contributed by atoms with Crippen LogP contribution in [0.25, 0.3) is 0 Å². The van der Waals surface area contributed by atoms with E-state index < -0.39 is 0 Å². The van der Waals surface area contributed by atoms with Crippen molar-refractivity contribution in [2.24, 2.45) is 52.1 Å². The Labute approximate surface area is 224 Å². The summed E-state index contributed by atoms with van der Waals surface area (Å²) in [6, 6.07) is 8.45. The molecule has 5 rings (SSSR count). The lowest BCUT2D eigenvalue weighted by atomic mass is 9.43. The molecule has 208 valence electrons. The molecular weight excluding hydrogens is 462 g/mol. The average molecular weight is 514 g/mol. The number of carbonyl (C=O) groups is 1. The molecule has 0 spiro atoms. The van der Waals surface area contributed by atoms with Gasteiger partial charge in [-0.3, -0.25) is 4.79 Å². The summed E-state index contributed by atoms with van der Waals surface area (Å²) in [7, 11) is 0. The van der Waals surface area contributed by atoms with Crippen LogP contribution in [0.1, 0.15) is 89.7 Å². The normalized spacial score (nSPS) is 43.5. The summed E-state index contributed by atoms with van der Waals surface area (Å²) in [5.41, 5.74) is 7.97. The third-order valence-corrected chi connectivity index (χ3v) is 11.5. The van der Waals surface area contributed by atoms with Crippen LogP contribution in [0, 0.1) is 60.2 Å². The molecule has 4 aliphatic rings. The van der Waals surface area contributed by atoms with Crippen LogP contribution in [0.3, 0.4) is 0 Å². The fourth-order valence-electron chi connectivity index (χ4n) is 9.51. The number of aliphatic hydroxyl groups is 3. The quantitative estimate of drug-likeness (QED) is 0.447. The maximum absolute atomic E-state index is 11.5. The predicted molar refractivity (Wildman–Crippen MR) is 148 cm³/mol. The lowest BCUT2D eigenvalue weighted by Gasteiger charge is -2.63. The van der Waals surface area contributed by atoms with Crippen LogP contribution in [0.2, 0.25) is 0 Å². The number of primary amides is 1. The van der Waals surface area contributed by atoms with Crippen molar-refractivity contribution in [3.63, 3.8) is 0 Å². The van der Waals surface area contributed by atoms with Gasteiger partial charge >= 0.3 is 0 Å². The van der Waals surface area contributed by atoms with Crippen LogP contribution in [-0.2, 0) is 4.79 Å². The molecule has 4 aliphatic carbocycles. The first-order chi connectivity index (χ1) is 17.4. The highest BCUT2D eigenvalue weighted by atomic mass is 16.3. The molecule has 11 atom stereocenters. The Balaban J connectivity index is 0.000000342. The van der Waals surface area contributed by atoms with Crippen LogP contribution < -0.4 is 5.73 Å². The molecular formula is C32H51NO4. The van der Waals surface area contributed by atoms with Crippen LogP contribution in [-0.4, -0.2) is 39.5 Å². The monoisotopic (exact) mass is 513 g/mol. The van der Waals surface area contributed by atoms with E-state index in [4.69, 9.17) is 5.73 Å². The first-order valence-corrected chi connectivity index (χ1v) is 14.7. The van der Waals surface area contributed by atoms with E-state index in [1.54, 1.807) is 0 Å². The van der Waals surface area contributed by atoms with Gasteiger partial charge in [0.05, 0.1) is 18.3 Å². The van der Waals surface area contributed by atoms with Crippen LogP contribution in [0.15, 0.2) is 24.3 Å². The third kappa shape index (κ3) is 5.38. The summed E-state index contributed by atoms with van der Waals surface area (Å²) in [5.74, 6) is 1.72. The van der Waals surface area contributed by atoms with E-state index in [2.05, 4.69) is 58.9 Å². The number of nitrogens with two attached hydrogens (primary N) is 1. The summed E-state index contributed by atoms with van der Waals surface area (Å²) >= 11 is 0. The van der Waals surface area contributed by atoms with Gasteiger partial charge in [-0.05, 0) is 112 Å². The average Bonchev–Trinajstić information content (AvgIpc) is 3.18. The Kier molecular flexibility index (Phi) is 8.48. The van der Waals surface area contributed by atoms with Crippen molar-refractivity contribution in [2.75, 3.05) is 0 Å². The Bertz CT molecular complexity index is 933. The molecule has 4 fully saturated rings. The Morgan fingerprint density at radius 1 is 1.03 bits per heavy atom. The van der Waals surface area contributed by atoms with Crippen molar-refractivity contribution in [1.82, 2.24) is 0 Å². The highest BCUT2D eigenvalue weighted by Crippen LogP contribution is 2.68. The SMILES string of the molecule is C[C@H](CCC(N)=O)[C@H]1CC[C@H]2[C@@H]3[C@H](O)C[C@@H]4C[C@H](O)CC[C@]4(C)[C@H]3C[C@H](O)[C@]12C.Cc1cccc(C)c1. The number of fused-ring (bicyclic) bond motifs is 5. The molecule has 1 amide bonds. The Morgan fingerprint density at radius 2 is 1.70 bits per heavy atom. The van der Waals surface area contributed by atoms with Crippen LogP contribution in [0.4, 0.5) is 0 Å². The molecule has 0 radical (unpaired) electrons. The second-order valence-electron chi connectivity index (χ2n) is 13.7. The first kappa shape index (κ1) is 28.6. The van der Waals surface area contributed by atoms with Gasteiger partial charge in [0, 0.05) is 6.42 Å². The molecule has 0 bridgehead atoms. The molecule has 1 aromatic rings. The van der Waals surface area contributed by atoms with Gasteiger partial charge in [0.2, 0.25) is 5.91 Å². The van der Waals surface area contributed by atoms with Gasteiger partial charge in [-0.25, -0.2) is 0 Å². The molecule has 37 heavy (non-hydrogen) atoms. The van der Waals surface area contributed by atoms with Gasteiger partial charge in [-0.15, -0.1) is 0 Å². The molecule has 0 saturated heterocycles. The molecule has 0 aromatic heterocycles. The minimum absolute atomic E-state index is 0.112. The topological polar surface area (TPSA) is 104 Å². The summed E-state index contributed by atoms with van der Waals surface area (Å²) in [6.45, 7) is 11.0. The van der Waals surface area contributed by atoms with E-state index in [0.717, 1.165) is 51.4 Å². The van der Waals surface area contributed by atoms with Gasteiger partial charge in [0.1, 0.15) is 0 Å². The van der Waals surface area contributed by atoms with Crippen molar-refractivity contribution in [1.29, 1.82) is 0 Å². The van der Waals surface area contributed by atoms with Gasteiger partial charge < -0.3 is 21.1 Å². The summed E-state index contributed by atoms with van der Waals surface area (Å²) in [4.78, 5) is 11.3. The second-order valence-corrected chi connectivity index (χ2v) is 13.7. The summed E-state index contributed by atoms with van der Waals surface area (Å²) in [5, 5.41) is 33.0. The number of aliphatic hydroxyl groups excluding tert-OH is 3. The fraction of sp³-hybridized carbons (Fsp3) is 0.781. The molecule has 5 N–H and O–H groups in total. The first-order valence-electron chi connectivity index (χ1n) is 14.7. The molecule has 5 heteroatoms. The highest BCUT2D eigenvalue weighted by Gasteiger charge is 2.65. The van der Waals surface area contributed by atoms with E-state index in [1.165, 1.54) is 11.1 Å². The maximum atomic E-state index is 11.5. The van der Waals surface area contributed by atoms with E-state index in [1.807, 2.05) is 0 Å². The Morgan fingerprint density at radius 3 is 2.30 bits per heavy atom. The molecule has 0 aliphatic heterocycles. The largest absolute Gasteiger partial charge is 0.393 e. The zero-order valence-corrected chi connectivity index (χ0v) is 23.7. The highest BCUT2D eigenvalue weighted by molar-refractivity contribution is 5.73. The third-order valence-electron chi connectivity index (χ3n) is 11.5. The van der Waals surface area contributed by atoms with Crippen molar-refractivity contribution in [3.8, 4) is 0 Å². The minimum Gasteiger partial charge on any atom is -0.393 e. The lowest BCUT2D eigenvalue weighted by molar-refractivity contribution is -0.207. The van der Waals surface area contributed by atoms with Crippen molar-refractivity contribution < 1.29 is 20.1 Å². The van der Waals surface area contributed by atoms with Gasteiger partial charge in [-0.2, -0.15) is 0 Å². The van der Waals surface area contributed by atoms with Gasteiger partial charge in [0.25, 0.3) is 0 Å². The Hall–Kier alpha value is -1.43. The number of rotatable bonds is 4. The second kappa shape index (κ2) is 11.0. The molecule has 0 heterocycles. The zero-order valence-electron chi connectivity index (χ0n) is 23.7. The van der Waals surface area contributed by atoms with Crippen molar-refractivity contribution in [3.05, 3.63) is 35.4 Å². The number of aryl methyl sites for hydroxylation is 2. The van der Waals surface area contributed by atoms with Crippen molar-refractivity contribution in [2.45, 2.75) is 111 Å². The lowest BCUT2D eigenvalue weighted by Crippen LogP contribution is -2.62. The number of benzene rings is 1. The fourth-order valence-corrected chi connectivity index (χ4v) is 9.51. The molecule has 0 unspecified atom stereocenters. The van der Waals surface area contributed by atoms with Crippen LogP contribution in [0.5, 0.6) is 0 Å². The van der Waals surface area contributed by atoms with Crippen molar-refractivity contribution >= 4 is 5.91 Å². The van der Waals surface area contributed by atoms with E-state index in [9.17, 15) is 20.1 Å². The summed E-state index contributed by atoms with van der Waals surface area (Å²) < 4.78 is 0. The van der Waals surface area contributed by atoms with E-state index in [-0.39, 0.29) is 41.0 Å². The van der Waals surface area contributed by atoms with Gasteiger partial charge in [0.15, 0.2) is 0 Å². The molecule has 1 aromatic carbocycles. The number of carbonyl (C=O) groups excluding carboxylic acids is 1. The maximum Gasteiger partial charge on any atom is 0.217 e. The van der Waals surface area contributed by atoms with E-state index >= 15 is 0 Å². The number of amides is 1. The molecule has 5 nitrogen and oxygen atoms in total.